The third-order valence-electron chi connectivity index (χ3n) is 3.96. The maximum absolute atomic E-state index is 11.9. The predicted octanol–water partition coefficient (Wildman–Crippen LogP) is 2.97. The third-order valence-corrected chi connectivity index (χ3v) is 3.96. The van der Waals surface area contributed by atoms with Crippen LogP contribution in [0.1, 0.15) is 56.6 Å². The molecule has 1 fully saturated rings. The first-order chi connectivity index (χ1) is 9.02. The zero-order chi connectivity index (χ0) is 14.0. The molecule has 1 N–H and O–H groups in total. The second-order valence-electron chi connectivity index (χ2n) is 5.56. The van der Waals surface area contributed by atoms with Gasteiger partial charge in [-0.1, -0.05) is 45.0 Å². The molecule has 0 aromatic heterocycles. The zero-order valence-corrected chi connectivity index (χ0v) is 11.8. The van der Waals surface area contributed by atoms with E-state index in [9.17, 15) is 9.59 Å². The minimum atomic E-state index is -0.160. The average molecular weight is 259 g/mol. The van der Waals surface area contributed by atoms with Crippen molar-refractivity contribution >= 4 is 11.8 Å². The Hall–Kier alpha value is -1.64. The van der Waals surface area contributed by atoms with E-state index in [0.29, 0.717) is 12.3 Å². The quantitative estimate of drug-likeness (QED) is 0.848. The first kappa shape index (κ1) is 13.8. The van der Waals surface area contributed by atoms with Gasteiger partial charge in [-0.15, -0.1) is 0 Å². The molecule has 2 atom stereocenters. The Kier molecular flexibility index (Phi) is 4.03. The van der Waals surface area contributed by atoms with E-state index in [1.165, 1.54) is 5.56 Å². The molecule has 0 bridgehead atoms. The summed E-state index contributed by atoms with van der Waals surface area (Å²) in [6.45, 7) is 6.30. The Morgan fingerprint density at radius 2 is 1.84 bits per heavy atom. The largest absolute Gasteiger partial charge is 0.296 e. The molecule has 19 heavy (non-hydrogen) atoms. The van der Waals surface area contributed by atoms with Crippen molar-refractivity contribution in [2.75, 3.05) is 0 Å². The van der Waals surface area contributed by atoms with E-state index in [4.69, 9.17) is 0 Å². The molecule has 1 aromatic rings. The predicted molar refractivity (Wildman–Crippen MR) is 74.8 cm³/mol. The Morgan fingerprint density at radius 3 is 2.37 bits per heavy atom. The number of carbonyl (C=O) groups is 2. The molecule has 1 heterocycles. The number of imide groups is 1. The van der Waals surface area contributed by atoms with Gasteiger partial charge in [0.25, 0.3) is 0 Å². The van der Waals surface area contributed by atoms with Crippen molar-refractivity contribution < 1.29 is 9.59 Å². The fourth-order valence-electron chi connectivity index (χ4n) is 2.75. The Labute approximate surface area is 114 Å². The molecule has 0 aliphatic carbocycles. The summed E-state index contributed by atoms with van der Waals surface area (Å²) < 4.78 is 0. The van der Waals surface area contributed by atoms with Gasteiger partial charge in [-0.2, -0.15) is 0 Å². The summed E-state index contributed by atoms with van der Waals surface area (Å²) in [5, 5.41) is 2.43. The van der Waals surface area contributed by atoms with Crippen LogP contribution in [0.15, 0.2) is 24.3 Å². The van der Waals surface area contributed by atoms with Gasteiger partial charge in [0.2, 0.25) is 11.8 Å². The highest BCUT2D eigenvalue weighted by Crippen LogP contribution is 2.33. The summed E-state index contributed by atoms with van der Waals surface area (Å²) in [5.74, 6) is 0.131. The van der Waals surface area contributed by atoms with Gasteiger partial charge in [-0.25, -0.2) is 0 Å². The summed E-state index contributed by atoms with van der Waals surface area (Å²) in [6.07, 6.45) is 1.17. The molecule has 102 valence electrons. The van der Waals surface area contributed by atoms with Crippen LogP contribution in [0.2, 0.25) is 0 Å². The molecular weight excluding hydrogens is 238 g/mol. The number of carbonyl (C=O) groups excluding carboxylic acids is 2. The van der Waals surface area contributed by atoms with Crippen molar-refractivity contribution in [1.82, 2.24) is 5.32 Å². The fraction of sp³-hybridized carbons (Fsp3) is 0.500. The van der Waals surface area contributed by atoms with E-state index in [1.807, 2.05) is 6.92 Å². The lowest BCUT2D eigenvalue weighted by molar-refractivity contribution is -0.137. The molecule has 0 spiro atoms. The number of piperidine rings is 1. The molecule has 2 amide bonds. The molecule has 1 saturated heterocycles. The molecular formula is C16H21NO2. The van der Waals surface area contributed by atoms with Gasteiger partial charge in [-0.05, 0) is 23.5 Å². The van der Waals surface area contributed by atoms with Gasteiger partial charge in [0.05, 0.1) is 0 Å². The maximum atomic E-state index is 11.9. The third kappa shape index (κ3) is 2.86. The highest BCUT2D eigenvalue weighted by Gasteiger charge is 2.35. The molecule has 2 rings (SSSR count). The van der Waals surface area contributed by atoms with Crippen LogP contribution in [0.5, 0.6) is 0 Å². The minimum absolute atomic E-state index is 0.0208. The van der Waals surface area contributed by atoms with E-state index in [2.05, 4.69) is 43.4 Å². The van der Waals surface area contributed by atoms with Crippen LogP contribution in [0.4, 0.5) is 0 Å². The summed E-state index contributed by atoms with van der Waals surface area (Å²) in [4.78, 5) is 23.4. The highest BCUT2D eigenvalue weighted by atomic mass is 16.2. The van der Waals surface area contributed by atoms with Gasteiger partial charge < -0.3 is 0 Å². The van der Waals surface area contributed by atoms with Crippen LogP contribution in [0.3, 0.4) is 0 Å². The molecule has 3 nitrogen and oxygen atoms in total. The second-order valence-corrected chi connectivity index (χ2v) is 5.56. The minimum Gasteiger partial charge on any atom is -0.296 e. The van der Waals surface area contributed by atoms with Crippen molar-refractivity contribution in [1.29, 1.82) is 0 Å². The summed E-state index contributed by atoms with van der Waals surface area (Å²) >= 11 is 0. The van der Waals surface area contributed by atoms with Crippen molar-refractivity contribution in [3.05, 3.63) is 35.4 Å². The van der Waals surface area contributed by atoms with Gasteiger partial charge in [0, 0.05) is 18.3 Å². The monoisotopic (exact) mass is 259 g/mol. The number of hydrogen-bond acceptors (Lipinski definition) is 2. The van der Waals surface area contributed by atoms with E-state index in [1.54, 1.807) is 0 Å². The number of benzene rings is 1. The van der Waals surface area contributed by atoms with E-state index in [-0.39, 0.29) is 23.7 Å². The topological polar surface area (TPSA) is 46.2 Å². The lowest BCUT2D eigenvalue weighted by Gasteiger charge is -2.29. The van der Waals surface area contributed by atoms with Crippen molar-refractivity contribution in [3.63, 3.8) is 0 Å². The van der Waals surface area contributed by atoms with Crippen LogP contribution in [0, 0.1) is 5.92 Å². The Balaban J connectivity index is 2.27. The maximum Gasteiger partial charge on any atom is 0.230 e. The average Bonchev–Trinajstić information content (AvgIpc) is 2.38. The van der Waals surface area contributed by atoms with Crippen LogP contribution in [-0.2, 0) is 9.59 Å². The standard InChI is InChI=1S/C16H21NO2/c1-4-13-14(9-15(18)17-16(13)19)12-7-5-11(6-8-12)10(2)3/h5-8,10,13-14H,4,9H2,1-3H3,(H,17,18,19). The van der Waals surface area contributed by atoms with Crippen LogP contribution >= 0.6 is 0 Å². The molecule has 1 aliphatic rings. The number of amides is 2. The van der Waals surface area contributed by atoms with Crippen LogP contribution in [0.25, 0.3) is 0 Å². The molecule has 3 heteroatoms. The smallest absolute Gasteiger partial charge is 0.230 e. The van der Waals surface area contributed by atoms with E-state index < -0.39 is 0 Å². The number of rotatable bonds is 3. The number of nitrogens with one attached hydrogen (secondary N) is 1. The number of hydrogen-bond donors (Lipinski definition) is 1. The highest BCUT2D eigenvalue weighted by molar-refractivity contribution is 5.99. The van der Waals surface area contributed by atoms with Crippen LogP contribution in [-0.4, -0.2) is 11.8 Å². The van der Waals surface area contributed by atoms with Gasteiger partial charge in [0.1, 0.15) is 0 Å². The molecule has 0 saturated carbocycles. The van der Waals surface area contributed by atoms with Gasteiger partial charge in [0.15, 0.2) is 0 Å². The SMILES string of the molecule is CCC1C(=O)NC(=O)CC1c1ccc(C(C)C)cc1. The van der Waals surface area contributed by atoms with Crippen molar-refractivity contribution in [2.45, 2.75) is 45.4 Å². The molecule has 2 unspecified atom stereocenters. The summed E-state index contributed by atoms with van der Waals surface area (Å²) in [6, 6.07) is 8.33. The Bertz CT molecular complexity index is 476. The lowest BCUT2D eigenvalue weighted by atomic mass is 9.78. The van der Waals surface area contributed by atoms with Gasteiger partial charge in [-0.3, -0.25) is 14.9 Å². The zero-order valence-electron chi connectivity index (χ0n) is 11.8. The van der Waals surface area contributed by atoms with Crippen molar-refractivity contribution in [3.8, 4) is 0 Å². The summed E-state index contributed by atoms with van der Waals surface area (Å²) in [5.41, 5.74) is 2.38. The fourth-order valence-corrected chi connectivity index (χ4v) is 2.75. The summed E-state index contributed by atoms with van der Waals surface area (Å²) in [7, 11) is 0. The molecule has 0 radical (unpaired) electrons. The van der Waals surface area contributed by atoms with E-state index in [0.717, 1.165) is 12.0 Å². The van der Waals surface area contributed by atoms with Crippen molar-refractivity contribution in [2.24, 2.45) is 5.92 Å². The lowest BCUT2D eigenvalue weighted by Crippen LogP contribution is -2.44. The first-order valence-electron chi connectivity index (χ1n) is 6.96. The van der Waals surface area contributed by atoms with Crippen LogP contribution < -0.4 is 5.32 Å². The molecule has 1 aliphatic heterocycles. The Morgan fingerprint density at radius 1 is 1.21 bits per heavy atom. The second kappa shape index (κ2) is 5.55. The normalized spacial score (nSPS) is 23.6. The van der Waals surface area contributed by atoms with Gasteiger partial charge >= 0.3 is 0 Å². The van der Waals surface area contributed by atoms with E-state index >= 15 is 0 Å². The first-order valence-corrected chi connectivity index (χ1v) is 6.96. The molecule has 1 aromatic carbocycles.